The van der Waals surface area contributed by atoms with Gasteiger partial charge < -0.3 is 0 Å². The normalized spacial score (nSPS) is 12.8. The fourth-order valence-corrected chi connectivity index (χ4v) is 3.88. The van der Waals surface area contributed by atoms with Crippen LogP contribution >= 0.6 is 11.3 Å². The Balaban J connectivity index is 1.65. The molecule has 4 nitrogen and oxygen atoms in total. The first kappa shape index (κ1) is 17.6. The summed E-state index contributed by atoms with van der Waals surface area (Å²) < 4.78 is 2.07. The van der Waals surface area contributed by atoms with Crippen LogP contribution in [0.15, 0.2) is 59.4 Å². The van der Waals surface area contributed by atoms with Crippen LogP contribution in [0.4, 0.5) is 0 Å². The minimum atomic E-state index is -0.110. The van der Waals surface area contributed by atoms with Gasteiger partial charge in [0.2, 0.25) is 4.96 Å². The van der Waals surface area contributed by atoms with Crippen molar-refractivity contribution in [1.29, 1.82) is 0 Å². The van der Waals surface area contributed by atoms with E-state index in [0.29, 0.717) is 21.7 Å². The lowest BCUT2D eigenvalue weighted by molar-refractivity contribution is 0.590. The molecule has 4 aromatic rings. The van der Waals surface area contributed by atoms with Crippen LogP contribution in [0.5, 0.6) is 0 Å². The summed E-state index contributed by atoms with van der Waals surface area (Å²) in [5, 5.41) is 4.40. The zero-order valence-corrected chi connectivity index (χ0v) is 16.5. The number of rotatable bonds is 3. The number of hydrogen-bond donors (Lipinski definition) is 0. The molecular formula is C22H21N3OS. The van der Waals surface area contributed by atoms with E-state index >= 15 is 0 Å². The number of hydrogen-bond acceptors (Lipinski definition) is 4. The van der Waals surface area contributed by atoms with Gasteiger partial charge in [-0.2, -0.15) is 4.52 Å². The number of fused-ring (bicyclic) bond motifs is 1. The maximum atomic E-state index is 12.7. The van der Waals surface area contributed by atoms with Gasteiger partial charge in [-0.25, -0.2) is 4.98 Å². The van der Waals surface area contributed by atoms with Gasteiger partial charge >= 0.3 is 0 Å². The molecule has 0 radical (unpaired) electrons. The molecule has 4 rings (SSSR count). The first-order valence-electron chi connectivity index (χ1n) is 8.95. The highest BCUT2D eigenvalue weighted by molar-refractivity contribution is 7.15. The van der Waals surface area contributed by atoms with E-state index in [2.05, 4.69) is 55.1 Å². The Morgan fingerprint density at radius 2 is 1.74 bits per heavy atom. The van der Waals surface area contributed by atoms with Crippen molar-refractivity contribution >= 4 is 22.4 Å². The average Bonchev–Trinajstić information content (AvgIpc) is 3.15. The second-order valence-electron chi connectivity index (χ2n) is 7.67. The molecule has 0 saturated carbocycles. The summed E-state index contributed by atoms with van der Waals surface area (Å²) in [4.78, 5) is 17.8. The maximum absolute atomic E-state index is 12.7. The van der Waals surface area contributed by atoms with E-state index in [9.17, 15) is 4.79 Å². The SMILES string of the molecule is CC(C)(C)c1ccc(/C=c2\sc3nc(Cc4ccccc4)nn3c2=O)cc1. The third kappa shape index (κ3) is 3.69. The van der Waals surface area contributed by atoms with Gasteiger partial charge in [-0.05, 0) is 28.2 Å². The highest BCUT2D eigenvalue weighted by Gasteiger charge is 2.13. The lowest BCUT2D eigenvalue weighted by Gasteiger charge is -2.18. The molecule has 5 heteroatoms. The number of benzene rings is 2. The van der Waals surface area contributed by atoms with Crippen LogP contribution in [-0.4, -0.2) is 14.6 Å². The second kappa shape index (κ2) is 6.74. The first-order valence-corrected chi connectivity index (χ1v) is 9.76. The zero-order valence-electron chi connectivity index (χ0n) is 15.6. The summed E-state index contributed by atoms with van der Waals surface area (Å²) >= 11 is 1.38. The van der Waals surface area contributed by atoms with Gasteiger partial charge in [-0.15, -0.1) is 5.10 Å². The van der Waals surface area contributed by atoms with Crippen molar-refractivity contribution in [2.75, 3.05) is 0 Å². The molecule has 2 aromatic heterocycles. The van der Waals surface area contributed by atoms with Crippen LogP contribution in [0.3, 0.4) is 0 Å². The Hall–Kier alpha value is -2.79. The molecule has 27 heavy (non-hydrogen) atoms. The Labute approximate surface area is 161 Å². The average molecular weight is 375 g/mol. The van der Waals surface area contributed by atoms with Crippen LogP contribution in [-0.2, 0) is 11.8 Å². The summed E-state index contributed by atoms with van der Waals surface area (Å²) in [6.45, 7) is 6.57. The molecule has 0 saturated heterocycles. The van der Waals surface area contributed by atoms with Crippen molar-refractivity contribution in [3.8, 4) is 0 Å². The van der Waals surface area contributed by atoms with Crippen molar-refractivity contribution in [2.24, 2.45) is 0 Å². The van der Waals surface area contributed by atoms with Crippen LogP contribution in [0, 0.1) is 0 Å². The van der Waals surface area contributed by atoms with Crippen LogP contribution in [0.1, 0.15) is 43.3 Å². The topological polar surface area (TPSA) is 47.3 Å². The third-order valence-electron chi connectivity index (χ3n) is 4.51. The molecule has 0 bridgehead atoms. The van der Waals surface area contributed by atoms with E-state index in [-0.39, 0.29) is 11.0 Å². The van der Waals surface area contributed by atoms with E-state index in [1.54, 1.807) is 0 Å². The number of thiazole rings is 1. The van der Waals surface area contributed by atoms with E-state index in [1.165, 1.54) is 21.4 Å². The Bertz CT molecular complexity index is 1180. The molecule has 2 aromatic carbocycles. The molecule has 0 aliphatic heterocycles. The molecule has 0 N–H and O–H groups in total. The molecule has 0 spiro atoms. The third-order valence-corrected chi connectivity index (χ3v) is 5.46. The molecule has 0 atom stereocenters. The van der Waals surface area contributed by atoms with Gasteiger partial charge in [-0.3, -0.25) is 4.79 Å². The minimum Gasteiger partial charge on any atom is -0.266 e. The predicted molar refractivity (Wildman–Crippen MR) is 110 cm³/mol. The lowest BCUT2D eigenvalue weighted by atomic mass is 9.87. The highest BCUT2D eigenvalue weighted by Crippen LogP contribution is 2.22. The molecule has 0 unspecified atom stereocenters. The van der Waals surface area contributed by atoms with Gasteiger partial charge in [0.1, 0.15) is 0 Å². The van der Waals surface area contributed by atoms with Crippen LogP contribution < -0.4 is 10.1 Å². The van der Waals surface area contributed by atoms with Gasteiger partial charge in [0.25, 0.3) is 5.56 Å². The van der Waals surface area contributed by atoms with Crippen molar-refractivity contribution in [2.45, 2.75) is 32.6 Å². The maximum Gasteiger partial charge on any atom is 0.291 e. The van der Waals surface area contributed by atoms with Crippen LogP contribution in [0.2, 0.25) is 0 Å². The summed E-state index contributed by atoms with van der Waals surface area (Å²) in [5.41, 5.74) is 3.42. The van der Waals surface area contributed by atoms with E-state index in [4.69, 9.17) is 0 Å². The summed E-state index contributed by atoms with van der Waals surface area (Å²) in [6, 6.07) is 18.4. The van der Waals surface area contributed by atoms with E-state index < -0.39 is 0 Å². The van der Waals surface area contributed by atoms with Gasteiger partial charge in [-0.1, -0.05) is 86.7 Å². The Morgan fingerprint density at radius 3 is 2.37 bits per heavy atom. The smallest absolute Gasteiger partial charge is 0.266 e. The molecule has 136 valence electrons. The first-order chi connectivity index (χ1) is 12.9. The number of aromatic nitrogens is 3. The highest BCUT2D eigenvalue weighted by atomic mass is 32.1. The minimum absolute atomic E-state index is 0.110. The number of nitrogens with zero attached hydrogens (tertiary/aromatic N) is 3. The molecule has 2 heterocycles. The molecule has 0 aliphatic carbocycles. The van der Waals surface area contributed by atoms with E-state index in [1.807, 2.05) is 36.4 Å². The van der Waals surface area contributed by atoms with Crippen molar-refractivity contribution in [3.63, 3.8) is 0 Å². The van der Waals surface area contributed by atoms with Crippen molar-refractivity contribution in [1.82, 2.24) is 14.6 Å². The van der Waals surface area contributed by atoms with Gasteiger partial charge in [0.15, 0.2) is 5.82 Å². The molecule has 0 aliphatic rings. The summed E-state index contributed by atoms with van der Waals surface area (Å²) in [7, 11) is 0. The van der Waals surface area contributed by atoms with Crippen LogP contribution in [0.25, 0.3) is 11.0 Å². The fraction of sp³-hybridized carbons (Fsp3) is 0.227. The monoisotopic (exact) mass is 375 g/mol. The Morgan fingerprint density at radius 1 is 1.04 bits per heavy atom. The van der Waals surface area contributed by atoms with Crippen molar-refractivity contribution in [3.05, 3.63) is 92.0 Å². The predicted octanol–water partition coefficient (Wildman–Crippen LogP) is 3.59. The lowest BCUT2D eigenvalue weighted by Crippen LogP contribution is -2.23. The fourth-order valence-electron chi connectivity index (χ4n) is 2.96. The molecular weight excluding hydrogens is 354 g/mol. The second-order valence-corrected chi connectivity index (χ2v) is 8.68. The standard InChI is InChI=1S/C22H21N3OS/c1-22(2,3)17-11-9-16(10-12-17)13-18-20(26)25-21(27-18)23-19(24-25)14-15-7-5-4-6-8-15/h4-13H,14H2,1-3H3/b18-13-. The zero-order chi connectivity index (χ0) is 19.0. The Kier molecular flexibility index (Phi) is 4.40. The van der Waals surface area contributed by atoms with E-state index in [0.717, 1.165) is 11.1 Å². The molecule has 0 fully saturated rings. The quantitative estimate of drug-likeness (QED) is 0.550. The largest absolute Gasteiger partial charge is 0.291 e. The van der Waals surface area contributed by atoms with Gasteiger partial charge in [0, 0.05) is 6.42 Å². The summed E-state index contributed by atoms with van der Waals surface area (Å²) in [6.07, 6.45) is 2.54. The van der Waals surface area contributed by atoms with Crippen molar-refractivity contribution < 1.29 is 0 Å². The summed E-state index contributed by atoms with van der Waals surface area (Å²) in [5.74, 6) is 0.672. The van der Waals surface area contributed by atoms with Gasteiger partial charge in [0.05, 0.1) is 4.53 Å². The molecule has 0 amide bonds.